The third-order valence-corrected chi connectivity index (χ3v) is 1.88. The van der Waals surface area contributed by atoms with Gasteiger partial charge in [-0.1, -0.05) is 30.3 Å². The van der Waals surface area contributed by atoms with Crippen LogP contribution in [-0.2, 0) is 17.8 Å². The smallest absolute Gasteiger partial charge is 0.0506 e. The first-order valence-electron chi connectivity index (χ1n) is 3.35. The summed E-state index contributed by atoms with van der Waals surface area (Å²) in [7, 11) is 0. The van der Waals surface area contributed by atoms with E-state index in [9.17, 15) is 8.76 Å². The quantitative estimate of drug-likeness (QED) is 0.414. The van der Waals surface area contributed by atoms with Crippen LogP contribution in [0.2, 0.25) is 0 Å². The fourth-order valence-electron chi connectivity index (χ4n) is 0.816. The fraction of sp³-hybridized carbons (Fsp3) is 0.143. The Balaban J connectivity index is 2.58. The zero-order valence-electron chi connectivity index (χ0n) is 6.34. The van der Waals surface area contributed by atoms with Crippen molar-refractivity contribution in [3.63, 3.8) is 0 Å². The van der Waals surface area contributed by atoms with Crippen molar-refractivity contribution in [2.75, 3.05) is 0 Å². The topological polar surface area (TPSA) is 69.4 Å². The van der Waals surface area contributed by atoms with Crippen LogP contribution in [-0.4, -0.2) is 13.2 Å². The molecule has 0 aliphatic rings. The van der Waals surface area contributed by atoms with Crippen LogP contribution in [0.4, 0.5) is 0 Å². The van der Waals surface area contributed by atoms with Gasteiger partial charge in [0.05, 0.1) is 6.54 Å². The Bertz CT molecular complexity index is 265. The second kappa shape index (κ2) is 4.32. The molecule has 2 N–H and O–H groups in total. The van der Waals surface area contributed by atoms with Crippen LogP contribution >= 0.6 is 0 Å². The molecule has 0 aromatic heterocycles. The SMILES string of the molecule is NN(Cc1ccccc1)S(=O)[O-]. The third kappa shape index (κ3) is 2.71. The van der Waals surface area contributed by atoms with Crippen LogP contribution in [0, 0.1) is 0 Å². The molecule has 0 spiro atoms. The zero-order chi connectivity index (χ0) is 8.97. The van der Waals surface area contributed by atoms with Crippen molar-refractivity contribution in [3.05, 3.63) is 35.9 Å². The molecule has 0 amide bonds. The molecule has 1 aromatic carbocycles. The minimum atomic E-state index is -2.35. The Hall–Kier alpha value is -0.750. The monoisotopic (exact) mass is 185 g/mol. The highest BCUT2D eigenvalue weighted by molar-refractivity contribution is 7.76. The molecular formula is C7H9N2O2S-. The summed E-state index contributed by atoms with van der Waals surface area (Å²) in [6.07, 6.45) is 0. The molecule has 0 saturated heterocycles. The molecule has 66 valence electrons. The van der Waals surface area contributed by atoms with E-state index < -0.39 is 11.3 Å². The first-order valence-corrected chi connectivity index (χ1v) is 4.39. The average Bonchev–Trinajstić information content (AvgIpc) is 2.06. The van der Waals surface area contributed by atoms with Gasteiger partial charge in [-0.05, 0) is 5.56 Å². The maximum absolute atomic E-state index is 10.3. The molecule has 0 heterocycles. The number of rotatable bonds is 3. The summed E-state index contributed by atoms with van der Waals surface area (Å²) in [5, 5.41) is 0. The van der Waals surface area contributed by atoms with Gasteiger partial charge in [0.1, 0.15) is 0 Å². The van der Waals surface area contributed by atoms with Crippen molar-refractivity contribution in [1.29, 1.82) is 0 Å². The molecule has 12 heavy (non-hydrogen) atoms. The molecule has 4 nitrogen and oxygen atoms in total. The van der Waals surface area contributed by atoms with E-state index in [1.807, 2.05) is 30.3 Å². The predicted octanol–water partition coefficient (Wildman–Crippen LogP) is 0.156. The van der Waals surface area contributed by atoms with E-state index in [0.717, 1.165) is 9.98 Å². The lowest BCUT2D eigenvalue weighted by Crippen LogP contribution is -2.31. The van der Waals surface area contributed by atoms with E-state index >= 15 is 0 Å². The molecule has 1 unspecified atom stereocenters. The first kappa shape index (κ1) is 9.34. The van der Waals surface area contributed by atoms with Crippen LogP contribution < -0.4 is 5.84 Å². The Morgan fingerprint density at radius 1 is 1.42 bits per heavy atom. The highest BCUT2D eigenvalue weighted by atomic mass is 32.2. The molecule has 5 heteroatoms. The van der Waals surface area contributed by atoms with Crippen molar-refractivity contribution in [2.24, 2.45) is 5.84 Å². The summed E-state index contributed by atoms with van der Waals surface area (Å²) in [4.78, 5) is 0. The molecule has 1 atom stereocenters. The molecule has 0 saturated carbocycles. The van der Waals surface area contributed by atoms with Gasteiger partial charge in [-0.25, -0.2) is 0 Å². The number of benzene rings is 1. The number of hydrazine groups is 1. The third-order valence-electron chi connectivity index (χ3n) is 1.37. The molecule has 0 radical (unpaired) electrons. The lowest BCUT2D eigenvalue weighted by molar-refractivity contribution is 0.394. The van der Waals surface area contributed by atoms with Crippen molar-refractivity contribution < 1.29 is 8.76 Å². The normalized spacial score (nSPS) is 13.2. The predicted molar refractivity (Wildman–Crippen MR) is 45.1 cm³/mol. The first-order chi connectivity index (χ1) is 5.70. The van der Waals surface area contributed by atoms with Gasteiger partial charge in [-0.2, -0.15) is 4.41 Å². The maximum Gasteiger partial charge on any atom is 0.0506 e. The van der Waals surface area contributed by atoms with Gasteiger partial charge in [0.2, 0.25) is 0 Å². The Kier molecular flexibility index (Phi) is 3.36. The van der Waals surface area contributed by atoms with Gasteiger partial charge in [-0.15, -0.1) is 0 Å². The fourth-order valence-corrected chi connectivity index (χ4v) is 1.07. The van der Waals surface area contributed by atoms with Gasteiger partial charge in [0, 0.05) is 11.3 Å². The number of nitrogens with two attached hydrogens (primary N) is 1. The zero-order valence-corrected chi connectivity index (χ0v) is 7.16. The van der Waals surface area contributed by atoms with E-state index in [2.05, 4.69) is 0 Å². The second-order valence-corrected chi connectivity index (χ2v) is 3.18. The summed E-state index contributed by atoms with van der Waals surface area (Å²) in [5.74, 6) is 5.17. The Labute approximate surface area is 73.4 Å². The van der Waals surface area contributed by atoms with Crippen molar-refractivity contribution >= 4 is 11.3 Å². The largest absolute Gasteiger partial charge is 0.759 e. The van der Waals surface area contributed by atoms with E-state index in [-0.39, 0.29) is 6.54 Å². The highest BCUT2D eigenvalue weighted by Crippen LogP contribution is 2.01. The van der Waals surface area contributed by atoms with Crippen LogP contribution in [0.25, 0.3) is 0 Å². The van der Waals surface area contributed by atoms with Gasteiger partial charge in [-0.3, -0.25) is 10.1 Å². The van der Waals surface area contributed by atoms with E-state index in [0.29, 0.717) is 0 Å². The van der Waals surface area contributed by atoms with E-state index in [4.69, 9.17) is 5.84 Å². The Morgan fingerprint density at radius 2 is 2.00 bits per heavy atom. The molecule has 0 fully saturated rings. The van der Waals surface area contributed by atoms with Gasteiger partial charge in [0.25, 0.3) is 0 Å². The highest BCUT2D eigenvalue weighted by Gasteiger charge is 1.98. The van der Waals surface area contributed by atoms with Crippen LogP contribution in [0.3, 0.4) is 0 Å². The molecule has 0 bridgehead atoms. The van der Waals surface area contributed by atoms with Crippen molar-refractivity contribution in [3.8, 4) is 0 Å². The van der Waals surface area contributed by atoms with Crippen LogP contribution in [0.5, 0.6) is 0 Å². The maximum atomic E-state index is 10.3. The van der Waals surface area contributed by atoms with Crippen LogP contribution in [0.1, 0.15) is 5.56 Å². The standard InChI is InChI=1S/C7H10N2O2S/c8-9(12(10)11)6-7-4-2-1-3-5-7/h1-5H,6,8H2,(H,10,11)/p-1. The van der Waals surface area contributed by atoms with Crippen LogP contribution in [0.15, 0.2) is 30.3 Å². The van der Waals surface area contributed by atoms with Gasteiger partial charge in [0.15, 0.2) is 0 Å². The van der Waals surface area contributed by atoms with E-state index in [1.54, 1.807) is 0 Å². The van der Waals surface area contributed by atoms with Gasteiger partial charge < -0.3 is 4.55 Å². The van der Waals surface area contributed by atoms with Crippen molar-refractivity contribution in [1.82, 2.24) is 4.41 Å². The summed E-state index contributed by atoms with van der Waals surface area (Å²) >= 11 is -2.35. The average molecular weight is 185 g/mol. The second-order valence-electron chi connectivity index (χ2n) is 2.28. The lowest BCUT2D eigenvalue weighted by atomic mass is 10.2. The Morgan fingerprint density at radius 3 is 2.50 bits per heavy atom. The minimum Gasteiger partial charge on any atom is -0.759 e. The number of hydrogen-bond donors (Lipinski definition) is 1. The summed E-state index contributed by atoms with van der Waals surface area (Å²) < 4.78 is 21.4. The number of hydrogen-bond acceptors (Lipinski definition) is 3. The number of nitrogens with zero attached hydrogens (tertiary/aromatic N) is 1. The molecule has 0 aliphatic heterocycles. The lowest BCUT2D eigenvalue weighted by Gasteiger charge is -2.17. The summed E-state index contributed by atoms with van der Waals surface area (Å²) in [6, 6.07) is 9.14. The molecule has 0 aliphatic carbocycles. The molecular weight excluding hydrogens is 176 g/mol. The van der Waals surface area contributed by atoms with Crippen molar-refractivity contribution in [2.45, 2.75) is 6.54 Å². The summed E-state index contributed by atoms with van der Waals surface area (Å²) in [6.45, 7) is 0.205. The summed E-state index contributed by atoms with van der Waals surface area (Å²) in [5.41, 5.74) is 0.865. The minimum absolute atomic E-state index is 0.205. The van der Waals surface area contributed by atoms with Gasteiger partial charge >= 0.3 is 0 Å². The molecule has 1 rings (SSSR count). The molecule has 1 aromatic rings. The van der Waals surface area contributed by atoms with E-state index in [1.165, 1.54) is 0 Å².